The van der Waals surface area contributed by atoms with Crippen molar-refractivity contribution >= 4 is 33.3 Å². The molecule has 0 saturated heterocycles. The first-order chi connectivity index (χ1) is 16.7. The molecule has 0 aliphatic carbocycles. The van der Waals surface area contributed by atoms with Gasteiger partial charge in [0, 0.05) is 16.2 Å². The fraction of sp³-hybridized carbons (Fsp3) is 0.143. The number of ether oxygens (including phenoxy) is 1. The largest absolute Gasteiger partial charge is 0.494 e. The average Bonchev–Trinajstić information content (AvgIpc) is 3.21. The van der Waals surface area contributed by atoms with Crippen molar-refractivity contribution in [2.45, 2.75) is 18.5 Å². The Labute approximate surface area is 206 Å². The summed E-state index contributed by atoms with van der Waals surface area (Å²) >= 11 is 3.18. The van der Waals surface area contributed by atoms with Gasteiger partial charge in [0.2, 0.25) is 0 Å². The summed E-state index contributed by atoms with van der Waals surface area (Å²) in [4.78, 5) is 20.8. The number of aromatic nitrogens is 2. The van der Waals surface area contributed by atoms with E-state index in [2.05, 4.69) is 19.1 Å². The molecular weight excluding hydrogens is 460 g/mol. The summed E-state index contributed by atoms with van der Waals surface area (Å²) in [5.74, 6) is 1.67. The molecule has 2 heterocycles. The lowest BCUT2D eigenvalue weighted by Crippen LogP contribution is -2.21. The molecule has 0 atom stereocenters. The minimum absolute atomic E-state index is 0.0255. The number of nitrogens with zero attached hydrogens (tertiary/aromatic N) is 2. The van der Waals surface area contributed by atoms with Crippen LogP contribution in [0.2, 0.25) is 0 Å². The van der Waals surface area contributed by atoms with Crippen LogP contribution in [0.4, 0.5) is 0 Å². The van der Waals surface area contributed by atoms with Crippen molar-refractivity contribution in [3.63, 3.8) is 0 Å². The normalized spacial score (nSPS) is 11.1. The van der Waals surface area contributed by atoms with Crippen LogP contribution in [-0.2, 0) is 0 Å². The molecule has 2 aromatic heterocycles. The third kappa shape index (κ3) is 4.65. The topological polar surface area (TPSA) is 44.1 Å². The molecule has 0 aliphatic rings. The van der Waals surface area contributed by atoms with E-state index in [9.17, 15) is 4.79 Å². The zero-order valence-corrected chi connectivity index (χ0v) is 20.4. The quantitative estimate of drug-likeness (QED) is 0.135. The Balaban J connectivity index is 1.49. The van der Waals surface area contributed by atoms with Gasteiger partial charge in [-0.05, 0) is 43.2 Å². The lowest BCUT2D eigenvalue weighted by atomic mass is 10.0. The Morgan fingerprint density at radius 1 is 0.912 bits per heavy atom. The summed E-state index contributed by atoms with van der Waals surface area (Å²) in [6.45, 7) is 2.68. The van der Waals surface area contributed by atoms with E-state index in [0.29, 0.717) is 17.1 Å². The Kier molecular flexibility index (Phi) is 6.79. The number of benzene rings is 3. The van der Waals surface area contributed by atoms with Crippen molar-refractivity contribution < 1.29 is 4.74 Å². The molecule has 0 N–H and O–H groups in total. The lowest BCUT2D eigenvalue weighted by molar-refractivity contribution is 0.318. The number of thiophene rings is 1. The van der Waals surface area contributed by atoms with Crippen LogP contribution in [-0.4, -0.2) is 21.9 Å². The van der Waals surface area contributed by atoms with Crippen molar-refractivity contribution in [2.24, 2.45) is 0 Å². The summed E-state index contributed by atoms with van der Waals surface area (Å²) in [6, 6.07) is 29.7. The van der Waals surface area contributed by atoms with Gasteiger partial charge < -0.3 is 4.74 Å². The molecule has 0 saturated carbocycles. The standard InChI is InChI=1S/C28H24N2O2S2/c1-20-24(21-12-5-2-6-13-21)25-26(34-20)29-28(30(27(25)31)22-14-7-3-8-15-22)33-19-11-18-32-23-16-9-4-10-17-23/h2-10,12-17H,11,18-19H2,1H3. The maximum Gasteiger partial charge on any atom is 0.268 e. The minimum Gasteiger partial charge on any atom is -0.494 e. The number of thioether (sulfide) groups is 1. The van der Waals surface area contributed by atoms with Crippen LogP contribution >= 0.6 is 23.1 Å². The molecule has 0 amide bonds. The summed E-state index contributed by atoms with van der Waals surface area (Å²) in [5.41, 5.74) is 2.83. The highest BCUT2D eigenvalue weighted by atomic mass is 32.2. The monoisotopic (exact) mass is 484 g/mol. The Hall–Kier alpha value is -3.35. The van der Waals surface area contributed by atoms with Gasteiger partial charge in [-0.2, -0.15) is 0 Å². The smallest absolute Gasteiger partial charge is 0.268 e. The lowest BCUT2D eigenvalue weighted by Gasteiger charge is -2.13. The molecule has 4 nitrogen and oxygen atoms in total. The molecule has 5 rings (SSSR count). The van der Waals surface area contributed by atoms with E-state index in [1.807, 2.05) is 78.9 Å². The third-order valence-corrected chi connectivity index (χ3v) is 7.50. The molecule has 170 valence electrons. The van der Waals surface area contributed by atoms with Crippen molar-refractivity contribution in [3.05, 3.63) is 106 Å². The summed E-state index contributed by atoms with van der Waals surface area (Å²) < 4.78 is 7.57. The number of hydrogen-bond donors (Lipinski definition) is 0. The summed E-state index contributed by atoms with van der Waals surface area (Å²) in [7, 11) is 0. The molecule has 5 aromatic rings. The number of para-hydroxylation sites is 2. The molecule has 0 spiro atoms. The minimum atomic E-state index is -0.0255. The van der Waals surface area contributed by atoms with Gasteiger partial charge in [-0.1, -0.05) is 78.5 Å². The van der Waals surface area contributed by atoms with Gasteiger partial charge in [0.25, 0.3) is 5.56 Å². The Morgan fingerprint density at radius 2 is 1.56 bits per heavy atom. The molecular formula is C28H24N2O2S2. The molecule has 0 fully saturated rings. The maximum absolute atomic E-state index is 13.9. The van der Waals surface area contributed by atoms with Gasteiger partial charge in [0.1, 0.15) is 10.6 Å². The van der Waals surface area contributed by atoms with Crippen molar-refractivity contribution in [3.8, 4) is 22.6 Å². The van der Waals surface area contributed by atoms with Crippen LogP contribution in [0.25, 0.3) is 27.0 Å². The first-order valence-electron chi connectivity index (χ1n) is 11.2. The van der Waals surface area contributed by atoms with Gasteiger partial charge in [0.15, 0.2) is 5.16 Å². The molecule has 3 aromatic carbocycles. The van der Waals surface area contributed by atoms with Crippen LogP contribution in [0.3, 0.4) is 0 Å². The summed E-state index contributed by atoms with van der Waals surface area (Å²) in [5, 5.41) is 1.40. The first kappa shape index (κ1) is 22.4. The second-order valence-electron chi connectivity index (χ2n) is 7.81. The Bertz CT molecular complexity index is 1450. The third-order valence-electron chi connectivity index (χ3n) is 5.48. The van der Waals surface area contributed by atoms with Crippen molar-refractivity contribution in [1.82, 2.24) is 9.55 Å². The summed E-state index contributed by atoms with van der Waals surface area (Å²) in [6.07, 6.45) is 0.848. The van der Waals surface area contributed by atoms with Crippen LogP contribution in [0.5, 0.6) is 5.75 Å². The van der Waals surface area contributed by atoms with E-state index >= 15 is 0 Å². The Morgan fingerprint density at radius 3 is 2.26 bits per heavy atom. The van der Waals surface area contributed by atoms with E-state index in [0.717, 1.165) is 44.4 Å². The van der Waals surface area contributed by atoms with Gasteiger partial charge in [-0.25, -0.2) is 4.98 Å². The zero-order chi connectivity index (χ0) is 23.3. The highest BCUT2D eigenvalue weighted by molar-refractivity contribution is 7.99. The van der Waals surface area contributed by atoms with E-state index < -0.39 is 0 Å². The van der Waals surface area contributed by atoms with Gasteiger partial charge in [-0.3, -0.25) is 9.36 Å². The predicted molar refractivity (Wildman–Crippen MR) is 143 cm³/mol. The molecule has 34 heavy (non-hydrogen) atoms. The molecule has 0 unspecified atom stereocenters. The highest BCUT2D eigenvalue weighted by Gasteiger charge is 2.20. The molecule has 6 heteroatoms. The van der Waals surface area contributed by atoms with E-state index in [1.165, 1.54) is 0 Å². The fourth-order valence-corrected chi connectivity index (χ4v) is 5.94. The van der Waals surface area contributed by atoms with E-state index in [4.69, 9.17) is 9.72 Å². The van der Waals surface area contributed by atoms with Gasteiger partial charge in [-0.15, -0.1) is 11.3 Å². The maximum atomic E-state index is 13.9. The second-order valence-corrected chi connectivity index (χ2v) is 10.1. The van der Waals surface area contributed by atoms with E-state index in [1.54, 1.807) is 27.7 Å². The SMILES string of the molecule is Cc1sc2nc(SCCCOc3ccccc3)n(-c3ccccc3)c(=O)c2c1-c1ccccc1. The second kappa shape index (κ2) is 10.3. The molecule has 0 aliphatic heterocycles. The number of fused-ring (bicyclic) bond motifs is 1. The molecule has 0 radical (unpaired) electrons. The van der Waals surface area contributed by atoms with Gasteiger partial charge >= 0.3 is 0 Å². The fourth-order valence-electron chi connectivity index (χ4n) is 3.93. The highest BCUT2D eigenvalue weighted by Crippen LogP contribution is 2.37. The van der Waals surface area contributed by atoms with Crippen LogP contribution in [0, 0.1) is 6.92 Å². The van der Waals surface area contributed by atoms with Crippen molar-refractivity contribution in [1.29, 1.82) is 0 Å². The van der Waals surface area contributed by atoms with Crippen LogP contribution < -0.4 is 10.3 Å². The van der Waals surface area contributed by atoms with Crippen LogP contribution in [0.1, 0.15) is 11.3 Å². The number of aryl methyl sites for hydroxylation is 1. The molecule has 0 bridgehead atoms. The first-order valence-corrected chi connectivity index (χ1v) is 13.0. The predicted octanol–water partition coefficient (Wildman–Crippen LogP) is 6.98. The van der Waals surface area contributed by atoms with Crippen molar-refractivity contribution in [2.75, 3.05) is 12.4 Å². The zero-order valence-electron chi connectivity index (χ0n) is 18.8. The average molecular weight is 485 g/mol. The van der Waals surface area contributed by atoms with E-state index in [-0.39, 0.29) is 5.56 Å². The number of hydrogen-bond acceptors (Lipinski definition) is 5. The number of rotatable bonds is 8. The van der Waals surface area contributed by atoms with Crippen LogP contribution in [0.15, 0.2) is 101 Å². The van der Waals surface area contributed by atoms with Gasteiger partial charge in [0.05, 0.1) is 17.7 Å².